The average Bonchev–Trinajstić information content (AvgIpc) is 2.64. The highest BCUT2D eigenvalue weighted by molar-refractivity contribution is 5.80. The zero-order valence-corrected chi connectivity index (χ0v) is 12.7. The molecule has 0 saturated carbocycles. The molecule has 2 aromatic heterocycles. The van der Waals surface area contributed by atoms with Gasteiger partial charge in [0.25, 0.3) is 5.56 Å². The lowest BCUT2D eigenvalue weighted by atomic mass is 10.2. The van der Waals surface area contributed by atoms with Crippen LogP contribution in [0.5, 0.6) is 0 Å². The zero-order valence-electron chi connectivity index (χ0n) is 12.7. The third kappa shape index (κ3) is 2.14. The Labute approximate surface area is 137 Å². The Balaban J connectivity index is 2.21. The first-order chi connectivity index (χ1) is 11.8. The minimum absolute atomic E-state index is 0.351. The lowest BCUT2D eigenvalue weighted by Gasteiger charge is -2.13. The Morgan fingerprint density at radius 1 is 0.708 bits per heavy atom. The summed E-state index contributed by atoms with van der Waals surface area (Å²) in [6.45, 7) is 0. The number of para-hydroxylation sites is 2. The van der Waals surface area contributed by atoms with Gasteiger partial charge >= 0.3 is 5.69 Å². The first kappa shape index (κ1) is 14.1. The van der Waals surface area contributed by atoms with Gasteiger partial charge in [0.2, 0.25) is 0 Å². The van der Waals surface area contributed by atoms with Gasteiger partial charge in [-0.15, -0.1) is 0 Å². The van der Waals surface area contributed by atoms with E-state index in [2.05, 4.69) is 4.98 Å². The van der Waals surface area contributed by atoms with Crippen LogP contribution in [0.25, 0.3) is 22.3 Å². The van der Waals surface area contributed by atoms with E-state index in [1.165, 1.54) is 6.20 Å². The molecule has 0 spiro atoms. The Bertz CT molecular complexity index is 1130. The van der Waals surface area contributed by atoms with Crippen molar-refractivity contribution < 1.29 is 0 Å². The zero-order chi connectivity index (χ0) is 16.5. The highest BCUT2D eigenvalue weighted by atomic mass is 16.2. The van der Waals surface area contributed by atoms with Crippen molar-refractivity contribution in [2.45, 2.75) is 0 Å². The molecule has 0 amide bonds. The van der Waals surface area contributed by atoms with Crippen LogP contribution < -0.4 is 11.2 Å². The number of hydrogen-bond acceptors (Lipinski definition) is 3. The molecule has 0 N–H and O–H groups in total. The van der Waals surface area contributed by atoms with Crippen molar-refractivity contribution in [3.63, 3.8) is 0 Å². The largest absolute Gasteiger partial charge is 0.340 e. The molecule has 0 aliphatic rings. The molecule has 5 heteroatoms. The van der Waals surface area contributed by atoms with Gasteiger partial charge in [-0.3, -0.25) is 14.3 Å². The van der Waals surface area contributed by atoms with Gasteiger partial charge in [0.15, 0.2) is 0 Å². The molecule has 0 aliphatic carbocycles. The number of fused-ring (bicyclic) bond motifs is 1. The minimum atomic E-state index is -0.419. The van der Waals surface area contributed by atoms with Crippen molar-refractivity contribution in [1.82, 2.24) is 14.1 Å². The molecule has 2 aromatic carbocycles. The third-order valence-corrected chi connectivity index (χ3v) is 3.88. The summed E-state index contributed by atoms with van der Waals surface area (Å²) in [7, 11) is 0. The van der Waals surface area contributed by atoms with Crippen LogP contribution in [0, 0.1) is 0 Å². The van der Waals surface area contributed by atoms with Gasteiger partial charge in [-0.05, 0) is 36.4 Å². The summed E-state index contributed by atoms with van der Waals surface area (Å²) < 4.78 is 2.70. The molecular weight excluding hydrogens is 302 g/mol. The van der Waals surface area contributed by atoms with E-state index in [-0.39, 0.29) is 5.56 Å². The van der Waals surface area contributed by atoms with E-state index in [1.54, 1.807) is 41.1 Å². The topological polar surface area (TPSA) is 56.9 Å². The first-order valence-corrected chi connectivity index (χ1v) is 7.50. The molecule has 4 aromatic rings. The number of aromatic nitrogens is 3. The summed E-state index contributed by atoms with van der Waals surface area (Å²) >= 11 is 0. The van der Waals surface area contributed by atoms with Crippen molar-refractivity contribution >= 4 is 10.9 Å². The standard InChI is InChI=1S/C19H13N3O2/c23-18-16-10-4-5-11-17(16)21(14-7-2-1-3-8-14)19(24)22(18)15-9-6-12-20-13-15/h1-13H. The predicted octanol–water partition coefficient (Wildman–Crippen LogP) is 2.54. The molecule has 116 valence electrons. The lowest BCUT2D eigenvalue weighted by Crippen LogP contribution is -2.38. The quantitative estimate of drug-likeness (QED) is 0.571. The fourth-order valence-corrected chi connectivity index (χ4v) is 2.80. The molecule has 0 radical (unpaired) electrons. The number of rotatable bonds is 2. The van der Waals surface area contributed by atoms with Crippen molar-refractivity contribution in [2.75, 3.05) is 0 Å². The van der Waals surface area contributed by atoms with Gasteiger partial charge in [0.05, 0.1) is 28.5 Å². The summed E-state index contributed by atoms with van der Waals surface area (Å²) in [5.41, 5.74) is 0.965. The van der Waals surface area contributed by atoms with Crippen LogP contribution in [0.4, 0.5) is 0 Å². The Kier molecular flexibility index (Phi) is 3.31. The Morgan fingerprint density at radius 3 is 2.17 bits per heavy atom. The summed E-state index contributed by atoms with van der Waals surface area (Å²) in [6, 6.07) is 19.8. The third-order valence-electron chi connectivity index (χ3n) is 3.88. The van der Waals surface area contributed by atoms with Crippen molar-refractivity contribution in [1.29, 1.82) is 0 Å². The van der Waals surface area contributed by atoms with Crippen LogP contribution in [0.15, 0.2) is 88.7 Å². The fourth-order valence-electron chi connectivity index (χ4n) is 2.80. The monoisotopic (exact) mass is 315 g/mol. The van der Waals surface area contributed by atoms with Gasteiger partial charge in [-0.2, -0.15) is 0 Å². The molecule has 24 heavy (non-hydrogen) atoms. The van der Waals surface area contributed by atoms with E-state index in [1.807, 2.05) is 36.4 Å². The van der Waals surface area contributed by atoms with Gasteiger partial charge < -0.3 is 0 Å². The molecule has 2 heterocycles. The Hall–Kier alpha value is -3.47. The summed E-state index contributed by atoms with van der Waals surface area (Å²) in [5.74, 6) is 0. The van der Waals surface area contributed by atoms with Crippen molar-refractivity contribution in [3.05, 3.63) is 100.0 Å². The normalized spacial score (nSPS) is 10.8. The van der Waals surface area contributed by atoms with Crippen molar-refractivity contribution in [3.8, 4) is 11.4 Å². The first-order valence-electron chi connectivity index (χ1n) is 7.50. The van der Waals surface area contributed by atoms with Crippen LogP contribution >= 0.6 is 0 Å². The molecule has 5 nitrogen and oxygen atoms in total. The number of nitrogens with zero attached hydrogens (tertiary/aromatic N) is 3. The van der Waals surface area contributed by atoms with Crippen LogP contribution in [-0.2, 0) is 0 Å². The number of benzene rings is 2. The SMILES string of the molecule is O=c1c2ccccc2n(-c2ccccc2)c(=O)n1-c1cccnc1. The second-order valence-corrected chi connectivity index (χ2v) is 5.32. The molecule has 0 aliphatic heterocycles. The molecule has 0 fully saturated rings. The maximum absolute atomic E-state index is 13.1. The molecule has 0 saturated heterocycles. The second-order valence-electron chi connectivity index (χ2n) is 5.32. The maximum atomic E-state index is 13.1. The molecule has 4 rings (SSSR count). The maximum Gasteiger partial charge on any atom is 0.340 e. The van der Waals surface area contributed by atoms with Crippen LogP contribution in [0.3, 0.4) is 0 Å². The predicted molar refractivity (Wildman–Crippen MR) is 92.9 cm³/mol. The van der Waals surface area contributed by atoms with Crippen molar-refractivity contribution in [2.24, 2.45) is 0 Å². The lowest BCUT2D eigenvalue weighted by molar-refractivity contribution is 0.831. The highest BCUT2D eigenvalue weighted by Gasteiger charge is 2.15. The van der Waals surface area contributed by atoms with Gasteiger partial charge in [0.1, 0.15) is 0 Å². The van der Waals surface area contributed by atoms with Crippen LogP contribution in [0.1, 0.15) is 0 Å². The number of hydrogen-bond donors (Lipinski definition) is 0. The smallest absolute Gasteiger partial charge is 0.268 e. The van der Waals surface area contributed by atoms with E-state index in [0.717, 1.165) is 4.57 Å². The second kappa shape index (κ2) is 5.62. The van der Waals surface area contributed by atoms with E-state index >= 15 is 0 Å². The van der Waals surface area contributed by atoms with E-state index < -0.39 is 5.69 Å². The highest BCUT2D eigenvalue weighted by Crippen LogP contribution is 2.14. The number of pyridine rings is 1. The Morgan fingerprint density at radius 2 is 1.42 bits per heavy atom. The summed E-state index contributed by atoms with van der Waals surface area (Å²) in [6.07, 6.45) is 3.11. The van der Waals surface area contributed by atoms with Gasteiger partial charge in [0, 0.05) is 6.20 Å². The van der Waals surface area contributed by atoms with E-state index in [0.29, 0.717) is 22.3 Å². The molecular formula is C19H13N3O2. The fraction of sp³-hybridized carbons (Fsp3) is 0. The van der Waals surface area contributed by atoms with Crippen LogP contribution in [0.2, 0.25) is 0 Å². The van der Waals surface area contributed by atoms with E-state index in [9.17, 15) is 9.59 Å². The van der Waals surface area contributed by atoms with Gasteiger partial charge in [-0.1, -0.05) is 30.3 Å². The minimum Gasteiger partial charge on any atom is -0.268 e. The summed E-state index contributed by atoms with van der Waals surface area (Å²) in [4.78, 5) is 30.0. The molecule has 0 atom stereocenters. The van der Waals surface area contributed by atoms with Crippen LogP contribution in [-0.4, -0.2) is 14.1 Å². The molecule has 0 unspecified atom stereocenters. The van der Waals surface area contributed by atoms with Gasteiger partial charge in [-0.25, -0.2) is 9.36 Å². The summed E-state index contributed by atoms with van der Waals surface area (Å²) in [5, 5.41) is 0.477. The average molecular weight is 315 g/mol. The van der Waals surface area contributed by atoms with E-state index in [4.69, 9.17) is 0 Å². The molecule has 0 bridgehead atoms.